The minimum atomic E-state index is -0.0532. The Hall–Kier alpha value is -2.30. The van der Waals surface area contributed by atoms with Gasteiger partial charge in [0.1, 0.15) is 5.75 Å². The number of carbonyl (C=O) groups excluding carboxylic acids is 1. The van der Waals surface area contributed by atoms with E-state index >= 15 is 0 Å². The van der Waals surface area contributed by atoms with Crippen molar-refractivity contribution in [1.82, 2.24) is 15.5 Å². The quantitative estimate of drug-likeness (QED) is 0.682. The predicted molar refractivity (Wildman–Crippen MR) is 103 cm³/mol. The number of hydrogen-bond acceptors (Lipinski definition) is 3. The number of aromatic amines is 1. The van der Waals surface area contributed by atoms with Crippen LogP contribution in [0.3, 0.4) is 0 Å². The molecule has 2 aromatic rings. The molecule has 1 heterocycles. The van der Waals surface area contributed by atoms with Crippen LogP contribution in [-0.2, 0) is 0 Å². The van der Waals surface area contributed by atoms with Crippen molar-refractivity contribution < 1.29 is 9.53 Å². The molecule has 1 aliphatic rings. The van der Waals surface area contributed by atoms with Crippen molar-refractivity contribution in [2.45, 2.75) is 51.9 Å². The molecule has 0 atom stereocenters. The number of aromatic nitrogens is 2. The normalized spacial score (nSPS) is 15.0. The highest BCUT2D eigenvalue weighted by atomic mass is 16.5. The summed E-state index contributed by atoms with van der Waals surface area (Å²) in [7, 11) is 0. The molecule has 26 heavy (non-hydrogen) atoms. The number of hydrogen-bond donors (Lipinski definition) is 2. The molecule has 0 radical (unpaired) electrons. The molecular formula is C21H29N3O2. The lowest BCUT2D eigenvalue weighted by Crippen LogP contribution is -2.30. The number of ether oxygens (including phenoxy) is 1. The summed E-state index contributed by atoms with van der Waals surface area (Å²) in [5.41, 5.74) is 2.29. The number of nitrogens with one attached hydrogen (secondary N) is 2. The van der Waals surface area contributed by atoms with Gasteiger partial charge in [0.2, 0.25) is 0 Å². The van der Waals surface area contributed by atoms with Crippen LogP contribution in [0.15, 0.2) is 30.5 Å². The van der Waals surface area contributed by atoms with Gasteiger partial charge in [-0.3, -0.25) is 9.89 Å². The summed E-state index contributed by atoms with van der Waals surface area (Å²) in [6, 6.07) is 7.81. The number of H-pyrrole nitrogens is 1. The maximum Gasteiger partial charge on any atom is 0.255 e. The molecule has 1 amide bonds. The first kappa shape index (κ1) is 18.5. The third-order valence-corrected chi connectivity index (χ3v) is 5.07. The number of benzene rings is 1. The molecular weight excluding hydrogens is 326 g/mol. The van der Waals surface area contributed by atoms with Crippen molar-refractivity contribution in [3.63, 3.8) is 0 Å². The smallest absolute Gasteiger partial charge is 0.255 e. The lowest BCUT2D eigenvalue weighted by Gasteiger charge is -2.21. The minimum absolute atomic E-state index is 0.0532. The molecule has 0 bridgehead atoms. The Balaban J connectivity index is 1.61. The van der Waals surface area contributed by atoms with Gasteiger partial charge in [-0.05, 0) is 49.4 Å². The minimum Gasteiger partial charge on any atom is -0.494 e. The second-order valence-electron chi connectivity index (χ2n) is 7.10. The Labute approximate surface area is 155 Å². The molecule has 5 nitrogen and oxygen atoms in total. The van der Waals surface area contributed by atoms with Crippen LogP contribution < -0.4 is 10.1 Å². The zero-order chi connectivity index (χ0) is 18.2. The van der Waals surface area contributed by atoms with Crippen LogP contribution in [0.25, 0.3) is 11.3 Å². The fourth-order valence-corrected chi connectivity index (χ4v) is 3.45. The second-order valence-corrected chi connectivity index (χ2v) is 7.10. The highest BCUT2D eigenvalue weighted by Crippen LogP contribution is 2.25. The van der Waals surface area contributed by atoms with Crippen LogP contribution in [0, 0.1) is 5.92 Å². The average molecular weight is 355 g/mol. The molecule has 140 valence electrons. The van der Waals surface area contributed by atoms with E-state index in [9.17, 15) is 4.79 Å². The van der Waals surface area contributed by atoms with Crippen molar-refractivity contribution in [2.75, 3.05) is 13.2 Å². The van der Waals surface area contributed by atoms with Gasteiger partial charge in [-0.25, -0.2) is 0 Å². The maximum atomic E-state index is 12.6. The Morgan fingerprint density at radius 1 is 1.23 bits per heavy atom. The standard InChI is InChI=1S/C21H29N3O2/c1-2-3-13-26-18-11-9-17(10-12-18)20-19(15-23-24-20)21(25)22-14-16-7-5-4-6-8-16/h9-12,15-16H,2-8,13-14H2,1H3,(H,22,25)(H,23,24). The van der Waals surface area contributed by atoms with Gasteiger partial charge in [0.15, 0.2) is 0 Å². The Morgan fingerprint density at radius 2 is 2.00 bits per heavy atom. The van der Waals surface area contributed by atoms with E-state index in [1.165, 1.54) is 32.1 Å². The van der Waals surface area contributed by atoms with Gasteiger partial charge in [0.25, 0.3) is 5.91 Å². The Morgan fingerprint density at radius 3 is 2.73 bits per heavy atom. The largest absolute Gasteiger partial charge is 0.494 e. The van der Waals surface area contributed by atoms with Crippen molar-refractivity contribution in [2.24, 2.45) is 5.92 Å². The predicted octanol–water partition coefficient (Wildman–Crippen LogP) is 4.57. The number of carbonyl (C=O) groups is 1. The van der Waals surface area contributed by atoms with E-state index in [1.54, 1.807) is 6.20 Å². The topological polar surface area (TPSA) is 67.0 Å². The van der Waals surface area contributed by atoms with Crippen molar-refractivity contribution in [3.8, 4) is 17.0 Å². The fraction of sp³-hybridized carbons (Fsp3) is 0.524. The van der Waals surface area contributed by atoms with Crippen LogP contribution in [0.2, 0.25) is 0 Å². The summed E-state index contributed by atoms with van der Waals surface area (Å²) in [5.74, 6) is 1.41. The van der Waals surface area contributed by atoms with Crippen molar-refractivity contribution in [3.05, 3.63) is 36.0 Å². The molecule has 1 aromatic carbocycles. The highest BCUT2D eigenvalue weighted by Gasteiger charge is 2.18. The third-order valence-electron chi connectivity index (χ3n) is 5.07. The molecule has 5 heteroatoms. The third kappa shape index (κ3) is 4.87. The molecule has 1 fully saturated rings. The number of nitrogens with zero attached hydrogens (tertiary/aromatic N) is 1. The van der Waals surface area contributed by atoms with E-state index < -0.39 is 0 Å². The van der Waals surface area contributed by atoms with Crippen LogP contribution in [-0.4, -0.2) is 29.3 Å². The highest BCUT2D eigenvalue weighted by molar-refractivity contribution is 5.99. The first-order valence-corrected chi connectivity index (χ1v) is 9.82. The monoisotopic (exact) mass is 355 g/mol. The molecule has 0 aliphatic heterocycles. The van der Waals surface area contributed by atoms with Gasteiger partial charge < -0.3 is 10.1 Å². The summed E-state index contributed by atoms with van der Waals surface area (Å²) in [5, 5.41) is 10.1. The van der Waals surface area contributed by atoms with E-state index in [0.29, 0.717) is 11.5 Å². The molecule has 0 unspecified atom stereocenters. The molecule has 1 saturated carbocycles. The van der Waals surface area contributed by atoms with Crippen LogP contribution in [0.5, 0.6) is 5.75 Å². The second kappa shape index (κ2) is 9.41. The van der Waals surface area contributed by atoms with Gasteiger partial charge in [0, 0.05) is 12.1 Å². The van der Waals surface area contributed by atoms with Gasteiger partial charge in [-0.2, -0.15) is 5.10 Å². The number of unbranched alkanes of at least 4 members (excludes halogenated alkanes) is 1. The summed E-state index contributed by atoms with van der Waals surface area (Å²) in [6.45, 7) is 3.63. The van der Waals surface area contributed by atoms with E-state index in [-0.39, 0.29) is 5.91 Å². The first-order valence-electron chi connectivity index (χ1n) is 9.82. The SMILES string of the molecule is CCCCOc1ccc(-c2[nH]ncc2C(=O)NCC2CCCCC2)cc1. The van der Waals surface area contributed by atoms with Gasteiger partial charge >= 0.3 is 0 Å². The molecule has 1 aliphatic carbocycles. The van der Waals surface area contributed by atoms with Crippen LogP contribution in [0.4, 0.5) is 0 Å². The lowest BCUT2D eigenvalue weighted by atomic mass is 9.89. The molecule has 0 saturated heterocycles. The Bertz CT molecular complexity index is 688. The summed E-state index contributed by atoms with van der Waals surface area (Å²) >= 11 is 0. The van der Waals surface area contributed by atoms with Gasteiger partial charge in [-0.1, -0.05) is 32.6 Å². The summed E-state index contributed by atoms with van der Waals surface area (Å²) in [4.78, 5) is 12.6. The summed E-state index contributed by atoms with van der Waals surface area (Å²) < 4.78 is 5.70. The molecule has 2 N–H and O–H groups in total. The van der Waals surface area contributed by atoms with Crippen molar-refractivity contribution >= 4 is 5.91 Å². The van der Waals surface area contributed by atoms with Crippen LogP contribution in [0.1, 0.15) is 62.2 Å². The fourth-order valence-electron chi connectivity index (χ4n) is 3.45. The van der Waals surface area contributed by atoms with E-state index in [4.69, 9.17) is 4.74 Å². The molecule has 1 aromatic heterocycles. The van der Waals surface area contributed by atoms with E-state index in [2.05, 4.69) is 22.4 Å². The average Bonchev–Trinajstić information content (AvgIpc) is 3.18. The lowest BCUT2D eigenvalue weighted by molar-refractivity contribution is 0.0944. The van der Waals surface area contributed by atoms with Gasteiger partial charge in [-0.15, -0.1) is 0 Å². The summed E-state index contributed by atoms with van der Waals surface area (Å²) in [6.07, 6.45) is 10.1. The van der Waals surface area contributed by atoms with Gasteiger partial charge in [0.05, 0.1) is 24.1 Å². The van der Waals surface area contributed by atoms with Crippen LogP contribution >= 0.6 is 0 Å². The number of rotatable bonds is 8. The number of amides is 1. The van der Waals surface area contributed by atoms with E-state index in [1.807, 2.05) is 24.3 Å². The first-order chi connectivity index (χ1) is 12.8. The molecule has 3 rings (SSSR count). The van der Waals surface area contributed by atoms with E-state index in [0.717, 1.165) is 43.0 Å². The zero-order valence-electron chi connectivity index (χ0n) is 15.6. The van der Waals surface area contributed by atoms with Crippen molar-refractivity contribution in [1.29, 1.82) is 0 Å². The zero-order valence-corrected chi connectivity index (χ0v) is 15.6. The maximum absolute atomic E-state index is 12.6. The molecule has 0 spiro atoms. The Kier molecular flexibility index (Phi) is 6.69.